The zero-order valence-electron chi connectivity index (χ0n) is 17.7. The molecule has 0 aliphatic carbocycles. The van der Waals surface area contributed by atoms with Gasteiger partial charge in [-0.15, -0.1) is 0 Å². The highest BCUT2D eigenvalue weighted by molar-refractivity contribution is 5.87. The van der Waals surface area contributed by atoms with E-state index in [1.807, 2.05) is 36.4 Å². The fraction of sp³-hybridized carbons (Fsp3) is 0. The molecule has 0 spiro atoms. The third kappa shape index (κ3) is 4.26. The highest BCUT2D eigenvalue weighted by Crippen LogP contribution is 2.36. The van der Waals surface area contributed by atoms with Gasteiger partial charge < -0.3 is 11.1 Å². The quantitative estimate of drug-likeness (QED) is 0.287. The third-order valence-corrected chi connectivity index (χ3v) is 5.61. The van der Waals surface area contributed by atoms with Gasteiger partial charge in [0.05, 0.1) is 0 Å². The van der Waals surface area contributed by atoms with E-state index in [1.165, 1.54) is 27.8 Å². The minimum absolute atomic E-state index is 0.768. The molecule has 0 fully saturated rings. The van der Waals surface area contributed by atoms with E-state index < -0.39 is 0 Å². The van der Waals surface area contributed by atoms with Crippen molar-refractivity contribution in [3.8, 4) is 33.4 Å². The molecular weight excluding hydrogens is 388 g/mol. The molecule has 5 rings (SSSR count). The first-order valence-corrected chi connectivity index (χ1v) is 10.7. The van der Waals surface area contributed by atoms with Gasteiger partial charge in [0.15, 0.2) is 0 Å². The minimum Gasteiger partial charge on any atom is -0.399 e. The predicted molar refractivity (Wildman–Crippen MR) is 137 cm³/mol. The summed E-state index contributed by atoms with van der Waals surface area (Å²) in [5.41, 5.74) is 15.9. The summed E-state index contributed by atoms with van der Waals surface area (Å²) >= 11 is 0. The van der Waals surface area contributed by atoms with Crippen LogP contribution in [0.3, 0.4) is 0 Å². The molecule has 0 atom stereocenters. The van der Waals surface area contributed by atoms with Crippen LogP contribution in [0.25, 0.3) is 33.4 Å². The lowest BCUT2D eigenvalue weighted by Crippen LogP contribution is -1.93. The van der Waals surface area contributed by atoms with Gasteiger partial charge in [-0.1, -0.05) is 91.0 Å². The maximum atomic E-state index is 5.93. The Morgan fingerprint density at radius 3 is 1.62 bits per heavy atom. The normalized spacial score (nSPS) is 10.6. The van der Waals surface area contributed by atoms with Gasteiger partial charge in [0.1, 0.15) is 0 Å². The van der Waals surface area contributed by atoms with Crippen LogP contribution in [0.2, 0.25) is 0 Å². The monoisotopic (exact) mass is 412 g/mol. The lowest BCUT2D eigenvalue weighted by Gasteiger charge is -2.15. The Bertz CT molecular complexity index is 1310. The number of para-hydroxylation sites is 1. The number of rotatable bonds is 5. The Labute approximate surface area is 189 Å². The van der Waals surface area contributed by atoms with E-state index >= 15 is 0 Å². The SMILES string of the molecule is Nc1ccc(-c2ccc(Nc3ccccc3)cc2-c2ccc(-c3ccccc3)cc2)cc1. The van der Waals surface area contributed by atoms with Gasteiger partial charge in [-0.3, -0.25) is 0 Å². The fourth-order valence-electron chi connectivity index (χ4n) is 3.94. The van der Waals surface area contributed by atoms with E-state index in [0.29, 0.717) is 0 Å². The number of anilines is 3. The average molecular weight is 413 g/mol. The van der Waals surface area contributed by atoms with Crippen molar-refractivity contribution in [1.82, 2.24) is 0 Å². The third-order valence-electron chi connectivity index (χ3n) is 5.61. The summed E-state index contributed by atoms with van der Waals surface area (Å²) in [5, 5.41) is 3.52. The molecule has 0 aromatic heterocycles. The lowest BCUT2D eigenvalue weighted by molar-refractivity contribution is 1.52. The largest absolute Gasteiger partial charge is 0.399 e. The van der Waals surface area contributed by atoms with Crippen LogP contribution in [0.5, 0.6) is 0 Å². The minimum atomic E-state index is 0.768. The van der Waals surface area contributed by atoms with Crippen LogP contribution in [-0.2, 0) is 0 Å². The zero-order valence-corrected chi connectivity index (χ0v) is 17.7. The first-order chi connectivity index (χ1) is 15.8. The molecule has 0 heterocycles. The second-order valence-corrected chi connectivity index (χ2v) is 7.82. The number of hydrogen-bond acceptors (Lipinski definition) is 2. The summed E-state index contributed by atoms with van der Waals surface area (Å²) in [6.07, 6.45) is 0. The van der Waals surface area contributed by atoms with Gasteiger partial charge in [0.2, 0.25) is 0 Å². The molecule has 2 heteroatoms. The molecule has 3 N–H and O–H groups in total. The van der Waals surface area contributed by atoms with E-state index in [2.05, 4.69) is 96.3 Å². The zero-order chi connectivity index (χ0) is 21.8. The molecule has 0 radical (unpaired) electrons. The topological polar surface area (TPSA) is 38.0 Å². The van der Waals surface area contributed by atoms with Crippen LogP contribution in [-0.4, -0.2) is 0 Å². The molecule has 0 saturated carbocycles. The highest BCUT2D eigenvalue weighted by Gasteiger charge is 2.10. The molecule has 0 saturated heterocycles. The Morgan fingerprint density at radius 2 is 0.938 bits per heavy atom. The van der Waals surface area contributed by atoms with E-state index in [1.54, 1.807) is 0 Å². The number of benzene rings is 5. The van der Waals surface area contributed by atoms with Crippen molar-refractivity contribution >= 4 is 17.1 Å². The molecule has 5 aromatic carbocycles. The summed E-state index contributed by atoms with van der Waals surface area (Å²) in [7, 11) is 0. The molecular formula is C30H24N2. The van der Waals surface area contributed by atoms with Crippen LogP contribution >= 0.6 is 0 Å². The summed E-state index contributed by atoms with van der Waals surface area (Å²) < 4.78 is 0. The van der Waals surface area contributed by atoms with Crippen molar-refractivity contribution in [1.29, 1.82) is 0 Å². The van der Waals surface area contributed by atoms with E-state index in [0.717, 1.165) is 22.6 Å². The smallest absolute Gasteiger partial charge is 0.0390 e. The van der Waals surface area contributed by atoms with Crippen LogP contribution in [0.4, 0.5) is 17.1 Å². The van der Waals surface area contributed by atoms with Gasteiger partial charge in [0.25, 0.3) is 0 Å². The molecule has 0 unspecified atom stereocenters. The summed E-state index contributed by atoms with van der Waals surface area (Å²) in [5.74, 6) is 0. The van der Waals surface area contributed by atoms with Gasteiger partial charge in [-0.05, 0) is 69.8 Å². The first kappa shape index (κ1) is 19.7. The maximum absolute atomic E-state index is 5.93. The summed E-state index contributed by atoms with van der Waals surface area (Å²) in [4.78, 5) is 0. The van der Waals surface area contributed by atoms with Crippen molar-refractivity contribution in [2.45, 2.75) is 0 Å². The fourth-order valence-corrected chi connectivity index (χ4v) is 3.94. The number of nitrogens with one attached hydrogen (secondary N) is 1. The van der Waals surface area contributed by atoms with Crippen LogP contribution in [0, 0.1) is 0 Å². The van der Waals surface area contributed by atoms with Gasteiger partial charge in [0, 0.05) is 17.1 Å². The molecule has 5 aromatic rings. The maximum Gasteiger partial charge on any atom is 0.0390 e. The number of nitrogen functional groups attached to an aromatic ring is 1. The van der Waals surface area contributed by atoms with Gasteiger partial charge in [-0.2, -0.15) is 0 Å². The van der Waals surface area contributed by atoms with Crippen LogP contribution < -0.4 is 11.1 Å². The Kier molecular flexibility index (Phi) is 5.42. The molecule has 32 heavy (non-hydrogen) atoms. The Hall–Kier alpha value is -4.30. The molecule has 0 amide bonds. The molecule has 154 valence electrons. The van der Waals surface area contributed by atoms with E-state index in [4.69, 9.17) is 5.73 Å². The predicted octanol–water partition coefficient (Wildman–Crippen LogP) is 8.01. The van der Waals surface area contributed by atoms with Gasteiger partial charge >= 0.3 is 0 Å². The van der Waals surface area contributed by atoms with Crippen molar-refractivity contribution < 1.29 is 0 Å². The van der Waals surface area contributed by atoms with Crippen molar-refractivity contribution in [3.05, 3.63) is 127 Å². The number of hydrogen-bond donors (Lipinski definition) is 2. The van der Waals surface area contributed by atoms with Gasteiger partial charge in [-0.25, -0.2) is 0 Å². The van der Waals surface area contributed by atoms with E-state index in [9.17, 15) is 0 Å². The average Bonchev–Trinajstić information content (AvgIpc) is 2.86. The number of nitrogens with two attached hydrogens (primary N) is 1. The second kappa shape index (κ2) is 8.83. The standard InChI is InChI=1S/C30H24N2/c31-26-17-15-24(16-18-26)29-20-19-28(32-27-9-5-2-6-10-27)21-30(29)25-13-11-23(12-14-25)22-7-3-1-4-8-22/h1-21,32H,31H2. The molecule has 0 bridgehead atoms. The lowest BCUT2D eigenvalue weighted by atomic mass is 9.92. The Balaban J connectivity index is 1.57. The molecule has 2 nitrogen and oxygen atoms in total. The van der Waals surface area contributed by atoms with Crippen molar-refractivity contribution in [2.75, 3.05) is 11.1 Å². The van der Waals surface area contributed by atoms with E-state index in [-0.39, 0.29) is 0 Å². The highest BCUT2D eigenvalue weighted by atomic mass is 14.9. The summed E-state index contributed by atoms with van der Waals surface area (Å²) in [6.45, 7) is 0. The summed E-state index contributed by atoms with van der Waals surface area (Å²) in [6, 6.07) is 44.1. The second-order valence-electron chi connectivity index (χ2n) is 7.82. The molecule has 0 aliphatic rings. The van der Waals surface area contributed by atoms with Crippen molar-refractivity contribution in [3.63, 3.8) is 0 Å². The Morgan fingerprint density at radius 1 is 0.406 bits per heavy atom. The van der Waals surface area contributed by atoms with Crippen LogP contribution in [0.15, 0.2) is 127 Å². The van der Waals surface area contributed by atoms with Crippen LogP contribution in [0.1, 0.15) is 0 Å². The first-order valence-electron chi connectivity index (χ1n) is 10.7. The van der Waals surface area contributed by atoms with Crippen molar-refractivity contribution in [2.24, 2.45) is 0 Å². The molecule has 0 aliphatic heterocycles.